The molecule has 150 valence electrons. The van der Waals surface area contributed by atoms with Crippen molar-refractivity contribution in [2.45, 2.75) is 92.1 Å². The van der Waals surface area contributed by atoms with Crippen molar-refractivity contribution in [2.24, 2.45) is 28.6 Å². The molecule has 0 heterocycles. The van der Waals surface area contributed by atoms with Gasteiger partial charge < -0.3 is 10.2 Å². The van der Waals surface area contributed by atoms with Crippen LogP contribution in [0.3, 0.4) is 0 Å². The van der Waals surface area contributed by atoms with Crippen LogP contribution in [0, 0.1) is 28.6 Å². The van der Waals surface area contributed by atoms with Crippen molar-refractivity contribution in [2.75, 3.05) is 6.61 Å². The summed E-state index contributed by atoms with van der Waals surface area (Å²) in [6.07, 6.45) is 14.2. The summed E-state index contributed by atoms with van der Waals surface area (Å²) >= 11 is 0. The average molecular weight is 363 g/mol. The van der Waals surface area contributed by atoms with E-state index in [1.54, 1.807) is 0 Å². The Kier molecular flexibility index (Phi) is 6.83. The first-order valence-corrected chi connectivity index (χ1v) is 10.7. The second-order valence-electron chi connectivity index (χ2n) is 10.3. The summed E-state index contributed by atoms with van der Waals surface area (Å²) in [6, 6.07) is 0. The minimum Gasteiger partial charge on any atom is -0.396 e. The Morgan fingerprint density at radius 2 is 1.88 bits per heavy atom. The molecule has 0 aromatic carbocycles. The van der Waals surface area contributed by atoms with Crippen LogP contribution in [0.5, 0.6) is 0 Å². The fourth-order valence-corrected chi connectivity index (χ4v) is 6.04. The lowest BCUT2D eigenvalue weighted by Crippen LogP contribution is -2.62. The SMILES string of the molecule is C/C(=C/C=C/[C@H](C)CO)CC[C@@]1(O)[C@H](C)CC[C@H]2C(C)(C)CCC[C@@]21C. The van der Waals surface area contributed by atoms with Crippen molar-refractivity contribution < 1.29 is 10.2 Å². The lowest BCUT2D eigenvalue weighted by molar-refractivity contribution is -0.211. The molecular weight excluding hydrogens is 320 g/mol. The Bertz CT molecular complexity index is 532. The fraction of sp³-hybridized carbons (Fsp3) is 0.833. The molecule has 0 saturated heterocycles. The summed E-state index contributed by atoms with van der Waals surface area (Å²) in [5, 5.41) is 21.1. The van der Waals surface area contributed by atoms with Crippen LogP contribution < -0.4 is 0 Å². The van der Waals surface area contributed by atoms with Crippen molar-refractivity contribution in [1.29, 1.82) is 0 Å². The van der Waals surface area contributed by atoms with Crippen molar-refractivity contribution >= 4 is 0 Å². The third-order valence-corrected chi connectivity index (χ3v) is 7.93. The molecule has 2 N–H and O–H groups in total. The van der Waals surface area contributed by atoms with Crippen molar-refractivity contribution in [3.63, 3.8) is 0 Å². The lowest BCUT2D eigenvalue weighted by Gasteiger charge is -2.63. The molecule has 2 aliphatic carbocycles. The van der Waals surface area contributed by atoms with Gasteiger partial charge in [-0.1, -0.05) is 64.8 Å². The van der Waals surface area contributed by atoms with Crippen LogP contribution in [0.1, 0.15) is 86.5 Å². The number of allylic oxidation sites excluding steroid dienone is 3. The quantitative estimate of drug-likeness (QED) is 0.578. The maximum atomic E-state index is 11.9. The third-order valence-electron chi connectivity index (χ3n) is 7.93. The second-order valence-corrected chi connectivity index (χ2v) is 10.3. The number of fused-ring (bicyclic) bond motifs is 1. The minimum absolute atomic E-state index is 0.0357. The molecular formula is C24H42O2. The first-order valence-electron chi connectivity index (χ1n) is 10.7. The summed E-state index contributed by atoms with van der Waals surface area (Å²) in [5.41, 5.74) is 1.13. The first-order chi connectivity index (χ1) is 12.1. The molecule has 0 bridgehead atoms. The number of hydrogen-bond donors (Lipinski definition) is 2. The molecule has 0 spiro atoms. The van der Waals surface area contributed by atoms with E-state index in [9.17, 15) is 5.11 Å². The molecule has 2 saturated carbocycles. The van der Waals surface area contributed by atoms with E-state index in [-0.39, 0.29) is 17.9 Å². The van der Waals surface area contributed by atoms with Gasteiger partial charge in [0.25, 0.3) is 0 Å². The van der Waals surface area contributed by atoms with Crippen molar-refractivity contribution in [1.82, 2.24) is 0 Å². The van der Waals surface area contributed by atoms with E-state index in [4.69, 9.17) is 5.11 Å². The number of aliphatic hydroxyl groups excluding tert-OH is 1. The van der Waals surface area contributed by atoms with Gasteiger partial charge in [-0.3, -0.25) is 0 Å². The fourth-order valence-electron chi connectivity index (χ4n) is 6.04. The van der Waals surface area contributed by atoms with Gasteiger partial charge in [-0.05, 0) is 74.0 Å². The van der Waals surface area contributed by atoms with Crippen LogP contribution in [0.4, 0.5) is 0 Å². The van der Waals surface area contributed by atoms with Gasteiger partial charge in [-0.25, -0.2) is 0 Å². The number of rotatable bonds is 6. The number of hydrogen-bond acceptors (Lipinski definition) is 2. The van der Waals surface area contributed by atoms with Gasteiger partial charge in [0.1, 0.15) is 0 Å². The zero-order chi connectivity index (χ0) is 19.6. The van der Waals surface area contributed by atoms with Crippen LogP contribution >= 0.6 is 0 Å². The molecule has 0 aliphatic heterocycles. The summed E-state index contributed by atoms with van der Waals surface area (Å²) in [4.78, 5) is 0. The number of aliphatic hydroxyl groups is 2. The molecule has 2 fully saturated rings. The molecule has 5 atom stereocenters. The van der Waals surface area contributed by atoms with E-state index in [1.165, 1.54) is 31.3 Å². The average Bonchev–Trinajstić information content (AvgIpc) is 2.57. The first kappa shape index (κ1) is 21.7. The zero-order valence-electron chi connectivity index (χ0n) is 18.0. The van der Waals surface area contributed by atoms with E-state index >= 15 is 0 Å². The van der Waals surface area contributed by atoms with Gasteiger partial charge >= 0.3 is 0 Å². The molecule has 2 rings (SSSR count). The largest absolute Gasteiger partial charge is 0.396 e. The van der Waals surface area contributed by atoms with Crippen LogP contribution in [-0.4, -0.2) is 22.4 Å². The molecule has 0 unspecified atom stereocenters. The molecule has 0 aromatic heterocycles. The van der Waals surface area contributed by atoms with Crippen LogP contribution in [0.2, 0.25) is 0 Å². The van der Waals surface area contributed by atoms with Crippen LogP contribution in [0.25, 0.3) is 0 Å². The highest BCUT2D eigenvalue weighted by Crippen LogP contribution is 2.63. The minimum atomic E-state index is -0.565. The van der Waals surface area contributed by atoms with Gasteiger partial charge in [-0.2, -0.15) is 0 Å². The Morgan fingerprint density at radius 1 is 1.19 bits per heavy atom. The van der Waals surface area contributed by atoms with Gasteiger partial charge in [0, 0.05) is 6.61 Å². The van der Waals surface area contributed by atoms with Gasteiger partial charge in [-0.15, -0.1) is 0 Å². The summed E-state index contributed by atoms with van der Waals surface area (Å²) in [7, 11) is 0. The zero-order valence-corrected chi connectivity index (χ0v) is 18.0. The van der Waals surface area contributed by atoms with Gasteiger partial charge in [0.2, 0.25) is 0 Å². The summed E-state index contributed by atoms with van der Waals surface area (Å²) < 4.78 is 0. The smallest absolute Gasteiger partial charge is 0.0732 e. The molecule has 0 amide bonds. The monoisotopic (exact) mass is 362 g/mol. The highest BCUT2D eigenvalue weighted by molar-refractivity contribution is 5.15. The predicted molar refractivity (Wildman–Crippen MR) is 111 cm³/mol. The van der Waals surface area contributed by atoms with E-state index in [1.807, 2.05) is 13.0 Å². The van der Waals surface area contributed by atoms with E-state index in [2.05, 4.69) is 46.8 Å². The Labute approximate surface area is 161 Å². The normalized spacial score (nSPS) is 39.0. The van der Waals surface area contributed by atoms with Crippen LogP contribution in [-0.2, 0) is 0 Å². The third kappa shape index (κ3) is 4.12. The molecule has 2 aliphatic rings. The molecule has 2 nitrogen and oxygen atoms in total. The topological polar surface area (TPSA) is 40.5 Å². The van der Waals surface area contributed by atoms with E-state index < -0.39 is 5.60 Å². The van der Waals surface area contributed by atoms with Crippen molar-refractivity contribution in [3.8, 4) is 0 Å². The van der Waals surface area contributed by atoms with E-state index in [0.29, 0.717) is 17.3 Å². The lowest BCUT2D eigenvalue weighted by atomic mass is 9.44. The Hall–Kier alpha value is -0.600. The molecule has 26 heavy (non-hydrogen) atoms. The Morgan fingerprint density at radius 3 is 2.54 bits per heavy atom. The molecule has 2 heteroatoms. The second kappa shape index (κ2) is 8.19. The van der Waals surface area contributed by atoms with Crippen molar-refractivity contribution in [3.05, 3.63) is 23.8 Å². The maximum Gasteiger partial charge on any atom is 0.0732 e. The van der Waals surface area contributed by atoms with Crippen LogP contribution in [0.15, 0.2) is 23.8 Å². The highest BCUT2D eigenvalue weighted by atomic mass is 16.3. The van der Waals surface area contributed by atoms with E-state index in [0.717, 1.165) is 19.3 Å². The maximum absolute atomic E-state index is 11.9. The summed E-state index contributed by atoms with van der Waals surface area (Å²) in [6.45, 7) is 13.9. The van der Waals surface area contributed by atoms with Gasteiger partial charge in [0.05, 0.1) is 5.60 Å². The standard InChI is InChI=1S/C24H42O2/c1-18(9-7-10-19(2)17-25)13-16-24(26)20(3)11-12-21-22(4,5)14-8-15-23(21,24)6/h7,9-10,19-21,25-26H,8,11-17H2,1-6H3/b10-7+,18-9-/t19-,20+,21-,23-,24+/m0/s1. The summed E-state index contributed by atoms with van der Waals surface area (Å²) in [5.74, 6) is 1.20. The molecule has 0 aromatic rings. The van der Waals surface area contributed by atoms with Gasteiger partial charge in [0.15, 0.2) is 0 Å². The molecule has 0 radical (unpaired) electrons. The highest BCUT2D eigenvalue weighted by Gasteiger charge is 2.60. The Balaban J connectivity index is 2.14. The predicted octanol–water partition coefficient (Wildman–Crippen LogP) is 5.89.